The van der Waals surface area contributed by atoms with E-state index in [9.17, 15) is 4.79 Å². The van der Waals surface area contributed by atoms with E-state index < -0.39 is 0 Å². The van der Waals surface area contributed by atoms with Gasteiger partial charge in [-0.25, -0.2) is 0 Å². The molecule has 2 aromatic carbocycles. The lowest BCUT2D eigenvalue weighted by atomic mass is 10.1. The highest BCUT2D eigenvalue weighted by molar-refractivity contribution is 5.75. The van der Waals surface area contributed by atoms with Crippen molar-refractivity contribution in [2.45, 2.75) is 45.7 Å². The number of carbonyl (C=O) groups excluding carboxylic acids is 1. The Bertz CT molecular complexity index is 678. The molecule has 3 rings (SSSR count). The maximum Gasteiger partial charge on any atom is 0.220 e. The summed E-state index contributed by atoms with van der Waals surface area (Å²) in [7, 11) is 0. The van der Waals surface area contributed by atoms with Gasteiger partial charge in [0.25, 0.3) is 0 Å². The van der Waals surface area contributed by atoms with Gasteiger partial charge in [-0.1, -0.05) is 55.8 Å². The molecule has 126 valence electrons. The Morgan fingerprint density at radius 3 is 2.62 bits per heavy atom. The van der Waals surface area contributed by atoms with Crippen molar-refractivity contribution in [3.05, 3.63) is 65.2 Å². The molecule has 3 nitrogen and oxygen atoms in total. The van der Waals surface area contributed by atoms with Crippen molar-refractivity contribution in [2.24, 2.45) is 0 Å². The van der Waals surface area contributed by atoms with E-state index >= 15 is 0 Å². The van der Waals surface area contributed by atoms with Crippen LogP contribution in [0.4, 0.5) is 5.69 Å². The molecule has 0 saturated carbocycles. The first-order valence-corrected chi connectivity index (χ1v) is 8.93. The van der Waals surface area contributed by atoms with E-state index in [-0.39, 0.29) is 5.91 Å². The minimum Gasteiger partial charge on any atom is -0.367 e. The van der Waals surface area contributed by atoms with Gasteiger partial charge in [0.05, 0.1) is 0 Å². The number of hydrogen-bond acceptors (Lipinski definition) is 2. The predicted octanol–water partition coefficient (Wildman–Crippen LogP) is 4.06. The molecule has 1 heterocycles. The van der Waals surface area contributed by atoms with Crippen molar-refractivity contribution in [3.8, 4) is 0 Å². The molecular weight excluding hydrogens is 296 g/mol. The number of benzene rings is 2. The quantitative estimate of drug-likeness (QED) is 0.834. The third-order valence-corrected chi connectivity index (χ3v) is 4.63. The van der Waals surface area contributed by atoms with Gasteiger partial charge in [0.15, 0.2) is 0 Å². The maximum absolute atomic E-state index is 11.7. The van der Waals surface area contributed by atoms with Crippen LogP contribution < -0.4 is 10.2 Å². The van der Waals surface area contributed by atoms with Crippen LogP contribution in [0.3, 0.4) is 0 Å². The molecule has 1 aliphatic heterocycles. The summed E-state index contributed by atoms with van der Waals surface area (Å²) in [5, 5.41) is 2.99. The second-order valence-corrected chi connectivity index (χ2v) is 6.50. The number of nitrogens with zero attached hydrogens (tertiary/aromatic N) is 1. The first kappa shape index (κ1) is 16.6. The SMILES string of the molecule is CCCCC(=O)NCc1ccc(CN2CCc3ccccc32)cc1. The van der Waals surface area contributed by atoms with E-state index in [2.05, 4.69) is 65.7 Å². The predicted molar refractivity (Wildman–Crippen MR) is 99.0 cm³/mol. The number of para-hydroxylation sites is 1. The van der Waals surface area contributed by atoms with Gasteiger partial charge < -0.3 is 10.2 Å². The summed E-state index contributed by atoms with van der Waals surface area (Å²) in [6.07, 6.45) is 3.78. The number of anilines is 1. The van der Waals surface area contributed by atoms with Crippen molar-refractivity contribution >= 4 is 11.6 Å². The zero-order valence-electron chi connectivity index (χ0n) is 14.4. The molecule has 0 aromatic heterocycles. The summed E-state index contributed by atoms with van der Waals surface area (Å²) < 4.78 is 0. The Morgan fingerprint density at radius 1 is 1.08 bits per heavy atom. The Kier molecular flexibility index (Phi) is 5.52. The fraction of sp³-hybridized carbons (Fsp3) is 0.381. The molecular formula is C21H26N2O. The largest absolute Gasteiger partial charge is 0.367 e. The molecule has 1 aliphatic rings. The van der Waals surface area contributed by atoms with Crippen LogP contribution in [0.2, 0.25) is 0 Å². The standard InChI is InChI=1S/C21H26N2O/c1-2-3-8-21(24)22-15-17-9-11-18(12-10-17)16-23-14-13-19-6-4-5-7-20(19)23/h4-7,9-12H,2-3,8,13-16H2,1H3,(H,22,24). The molecule has 3 heteroatoms. The van der Waals surface area contributed by atoms with Crippen LogP contribution in [-0.4, -0.2) is 12.5 Å². The van der Waals surface area contributed by atoms with Crippen LogP contribution in [0.5, 0.6) is 0 Å². The Morgan fingerprint density at radius 2 is 1.83 bits per heavy atom. The number of nitrogens with one attached hydrogen (secondary N) is 1. The highest BCUT2D eigenvalue weighted by atomic mass is 16.1. The Balaban J connectivity index is 1.53. The van der Waals surface area contributed by atoms with Crippen LogP contribution in [0.1, 0.15) is 42.9 Å². The maximum atomic E-state index is 11.7. The van der Waals surface area contributed by atoms with Crippen molar-refractivity contribution in [1.82, 2.24) is 5.32 Å². The Labute approximate surface area is 144 Å². The number of amides is 1. The third-order valence-electron chi connectivity index (χ3n) is 4.63. The van der Waals surface area contributed by atoms with E-state index in [1.807, 2.05) is 0 Å². The molecule has 1 N–H and O–H groups in total. The number of fused-ring (bicyclic) bond motifs is 1. The van der Waals surface area contributed by atoms with E-state index in [0.717, 1.165) is 37.9 Å². The van der Waals surface area contributed by atoms with Crippen LogP contribution in [0, 0.1) is 0 Å². The summed E-state index contributed by atoms with van der Waals surface area (Å²) in [6.45, 7) is 4.76. The average Bonchev–Trinajstić information content (AvgIpc) is 3.02. The Hall–Kier alpha value is -2.29. The van der Waals surface area contributed by atoms with E-state index in [0.29, 0.717) is 13.0 Å². The van der Waals surface area contributed by atoms with Crippen LogP contribution in [0.25, 0.3) is 0 Å². The van der Waals surface area contributed by atoms with Crippen LogP contribution in [0.15, 0.2) is 48.5 Å². The van der Waals surface area contributed by atoms with Gasteiger partial charge in [0.2, 0.25) is 5.91 Å². The first-order chi connectivity index (χ1) is 11.8. The van der Waals surface area contributed by atoms with Gasteiger partial charge in [0, 0.05) is 31.7 Å². The molecule has 0 unspecified atom stereocenters. The zero-order valence-corrected chi connectivity index (χ0v) is 14.4. The normalized spacial score (nSPS) is 13.0. The second-order valence-electron chi connectivity index (χ2n) is 6.50. The van der Waals surface area contributed by atoms with Crippen LogP contribution in [-0.2, 0) is 24.3 Å². The van der Waals surface area contributed by atoms with Gasteiger partial charge >= 0.3 is 0 Å². The smallest absolute Gasteiger partial charge is 0.220 e. The molecule has 0 saturated heterocycles. The minimum atomic E-state index is 0.148. The number of hydrogen-bond donors (Lipinski definition) is 1. The van der Waals surface area contributed by atoms with E-state index in [1.165, 1.54) is 16.8 Å². The monoisotopic (exact) mass is 322 g/mol. The third kappa shape index (κ3) is 4.16. The van der Waals surface area contributed by atoms with Crippen molar-refractivity contribution in [1.29, 1.82) is 0 Å². The second kappa shape index (κ2) is 8.00. The van der Waals surface area contributed by atoms with Gasteiger partial charge in [-0.2, -0.15) is 0 Å². The molecule has 0 fully saturated rings. The molecule has 0 bridgehead atoms. The van der Waals surface area contributed by atoms with Gasteiger partial charge in [-0.05, 0) is 35.6 Å². The molecule has 2 aromatic rings. The zero-order chi connectivity index (χ0) is 16.8. The number of rotatable bonds is 7. The minimum absolute atomic E-state index is 0.148. The fourth-order valence-electron chi connectivity index (χ4n) is 3.18. The van der Waals surface area contributed by atoms with Crippen LogP contribution >= 0.6 is 0 Å². The molecule has 0 radical (unpaired) electrons. The lowest BCUT2D eigenvalue weighted by molar-refractivity contribution is -0.121. The van der Waals surface area contributed by atoms with Crippen molar-refractivity contribution < 1.29 is 4.79 Å². The summed E-state index contributed by atoms with van der Waals surface area (Å²) in [6, 6.07) is 17.3. The van der Waals surface area contributed by atoms with Gasteiger partial charge in [-0.15, -0.1) is 0 Å². The lowest BCUT2D eigenvalue weighted by Crippen LogP contribution is -2.22. The molecule has 1 amide bonds. The highest BCUT2D eigenvalue weighted by Crippen LogP contribution is 2.28. The average molecular weight is 322 g/mol. The number of carbonyl (C=O) groups is 1. The topological polar surface area (TPSA) is 32.3 Å². The number of unbranched alkanes of at least 4 members (excludes halogenated alkanes) is 1. The summed E-state index contributed by atoms with van der Waals surface area (Å²) >= 11 is 0. The highest BCUT2D eigenvalue weighted by Gasteiger charge is 2.17. The summed E-state index contributed by atoms with van der Waals surface area (Å²) in [4.78, 5) is 14.1. The van der Waals surface area contributed by atoms with Crippen molar-refractivity contribution in [2.75, 3.05) is 11.4 Å². The molecule has 24 heavy (non-hydrogen) atoms. The van der Waals surface area contributed by atoms with Gasteiger partial charge in [0.1, 0.15) is 0 Å². The van der Waals surface area contributed by atoms with Gasteiger partial charge in [-0.3, -0.25) is 4.79 Å². The van der Waals surface area contributed by atoms with E-state index in [1.54, 1.807) is 0 Å². The van der Waals surface area contributed by atoms with Crippen molar-refractivity contribution in [3.63, 3.8) is 0 Å². The fourth-order valence-corrected chi connectivity index (χ4v) is 3.18. The summed E-state index contributed by atoms with van der Waals surface area (Å²) in [5.74, 6) is 0.148. The summed E-state index contributed by atoms with van der Waals surface area (Å²) in [5.41, 5.74) is 5.28. The van der Waals surface area contributed by atoms with E-state index in [4.69, 9.17) is 0 Å². The first-order valence-electron chi connectivity index (χ1n) is 8.93. The molecule has 0 aliphatic carbocycles. The lowest BCUT2D eigenvalue weighted by Gasteiger charge is -2.19. The molecule has 0 atom stereocenters. The molecule has 0 spiro atoms.